The average molecular weight is 380 g/mol. The molecular formula is C14H10BrN3OS2. The maximum absolute atomic E-state index is 12.3. The third-order valence-electron chi connectivity index (χ3n) is 2.83. The molecule has 21 heavy (non-hydrogen) atoms. The largest absolute Gasteiger partial charge is 0.285 e. The molecule has 0 aliphatic rings. The Balaban J connectivity index is 1.84. The van der Waals surface area contributed by atoms with Crippen molar-refractivity contribution in [1.29, 1.82) is 0 Å². The lowest BCUT2D eigenvalue weighted by atomic mass is 10.2. The first kappa shape index (κ1) is 14.4. The maximum Gasteiger partial charge on any atom is 0.269 e. The van der Waals surface area contributed by atoms with Crippen LogP contribution in [0.2, 0.25) is 0 Å². The predicted molar refractivity (Wildman–Crippen MR) is 90.1 cm³/mol. The quantitative estimate of drug-likeness (QED) is 0.681. The van der Waals surface area contributed by atoms with Gasteiger partial charge in [0, 0.05) is 17.1 Å². The standard InChI is InChI=1S/C14H10BrN3OS2/c1-18(13(19)11-3-2-8-20-11)14-17-16-12(21-14)9-4-6-10(15)7-5-9/h2-8H,1H3. The number of amides is 1. The molecule has 1 aromatic carbocycles. The monoisotopic (exact) mass is 379 g/mol. The zero-order chi connectivity index (χ0) is 14.8. The van der Waals surface area contributed by atoms with E-state index in [1.165, 1.54) is 27.6 Å². The second-order valence-corrected chi connectivity index (χ2v) is 7.06. The normalized spacial score (nSPS) is 10.6. The van der Waals surface area contributed by atoms with Gasteiger partial charge in [0.1, 0.15) is 5.01 Å². The summed E-state index contributed by atoms with van der Waals surface area (Å²) in [6.07, 6.45) is 0. The zero-order valence-corrected chi connectivity index (χ0v) is 14.2. The van der Waals surface area contributed by atoms with Gasteiger partial charge in [-0.2, -0.15) is 0 Å². The molecule has 2 heterocycles. The number of hydrogen-bond acceptors (Lipinski definition) is 5. The molecule has 0 bridgehead atoms. The molecule has 106 valence electrons. The van der Waals surface area contributed by atoms with E-state index in [9.17, 15) is 4.79 Å². The van der Waals surface area contributed by atoms with E-state index in [-0.39, 0.29) is 5.91 Å². The van der Waals surface area contributed by atoms with E-state index >= 15 is 0 Å². The van der Waals surface area contributed by atoms with Gasteiger partial charge in [0.25, 0.3) is 5.91 Å². The van der Waals surface area contributed by atoms with Gasteiger partial charge in [0.15, 0.2) is 0 Å². The number of carbonyl (C=O) groups is 1. The molecule has 0 aliphatic carbocycles. The second kappa shape index (κ2) is 6.05. The summed E-state index contributed by atoms with van der Waals surface area (Å²) in [5, 5.41) is 11.5. The number of thiophene rings is 1. The SMILES string of the molecule is CN(C(=O)c1cccs1)c1nnc(-c2ccc(Br)cc2)s1. The minimum atomic E-state index is -0.0662. The fourth-order valence-electron chi connectivity index (χ4n) is 1.71. The third kappa shape index (κ3) is 3.04. The Morgan fingerprint density at radius 1 is 1.19 bits per heavy atom. The molecule has 0 aliphatic heterocycles. The van der Waals surface area contributed by atoms with E-state index in [1.54, 1.807) is 13.1 Å². The summed E-state index contributed by atoms with van der Waals surface area (Å²) in [5.41, 5.74) is 0.985. The van der Waals surface area contributed by atoms with Crippen LogP contribution < -0.4 is 4.90 Å². The smallest absolute Gasteiger partial charge is 0.269 e. The number of anilines is 1. The molecule has 0 fully saturated rings. The Bertz CT molecular complexity index is 753. The van der Waals surface area contributed by atoms with Crippen molar-refractivity contribution in [3.63, 3.8) is 0 Å². The molecule has 0 unspecified atom stereocenters. The van der Waals surface area contributed by atoms with Crippen LogP contribution in [0, 0.1) is 0 Å². The molecule has 0 spiro atoms. The van der Waals surface area contributed by atoms with E-state index in [1.807, 2.05) is 35.7 Å². The van der Waals surface area contributed by atoms with Crippen molar-refractivity contribution in [2.24, 2.45) is 0 Å². The van der Waals surface area contributed by atoms with Crippen molar-refractivity contribution in [3.8, 4) is 10.6 Å². The summed E-state index contributed by atoms with van der Waals surface area (Å²) in [7, 11) is 1.72. The number of hydrogen-bond donors (Lipinski definition) is 0. The number of halogens is 1. The fraction of sp³-hybridized carbons (Fsp3) is 0.0714. The van der Waals surface area contributed by atoms with Crippen LogP contribution in [0.5, 0.6) is 0 Å². The van der Waals surface area contributed by atoms with Gasteiger partial charge < -0.3 is 0 Å². The lowest BCUT2D eigenvalue weighted by Crippen LogP contribution is -2.25. The summed E-state index contributed by atoms with van der Waals surface area (Å²) in [6, 6.07) is 11.5. The van der Waals surface area contributed by atoms with Gasteiger partial charge in [0.05, 0.1) is 4.88 Å². The van der Waals surface area contributed by atoms with Gasteiger partial charge >= 0.3 is 0 Å². The zero-order valence-electron chi connectivity index (χ0n) is 11.0. The first-order valence-corrected chi connectivity index (χ1v) is 8.55. The minimum Gasteiger partial charge on any atom is -0.285 e. The highest BCUT2D eigenvalue weighted by atomic mass is 79.9. The molecule has 0 saturated carbocycles. The lowest BCUT2D eigenvalue weighted by Gasteiger charge is -2.11. The van der Waals surface area contributed by atoms with E-state index in [0.717, 1.165) is 15.0 Å². The van der Waals surface area contributed by atoms with Crippen molar-refractivity contribution < 1.29 is 4.79 Å². The van der Waals surface area contributed by atoms with Gasteiger partial charge in [-0.3, -0.25) is 9.69 Å². The van der Waals surface area contributed by atoms with Crippen molar-refractivity contribution in [1.82, 2.24) is 10.2 Å². The molecule has 1 amide bonds. The Morgan fingerprint density at radius 3 is 2.62 bits per heavy atom. The summed E-state index contributed by atoms with van der Waals surface area (Å²) in [6.45, 7) is 0. The Morgan fingerprint density at radius 2 is 1.95 bits per heavy atom. The second-order valence-electron chi connectivity index (χ2n) is 4.24. The van der Waals surface area contributed by atoms with E-state index in [4.69, 9.17) is 0 Å². The van der Waals surface area contributed by atoms with Crippen LogP contribution in [0.25, 0.3) is 10.6 Å². The molecule has 7 heteroatoms. The van der Waals surface area contributed by atoms with E-state index in [2.05, 4.69) is 26.1 Å². The van der Waals surface area contributed by atoms with Crippen LogP contribution in [0.4, 0.5) is 5.13 Å². The molecule has 0 radical (unpaired) electrons. The highest BCUT2D eigenvalue weighted by molar-refractivity contribution is 9.10. The average Bonchev–Trinajstić information content (AvgIpc) is 3.18. The van der Waals surface area contributed by atoms with Crippen molar-refractivity contribution in [2.75, 3.05) is 11.9 Å². The number of aromatic nitrogens is 2. The molecule has 2 aromatic heterocycles. The highest BCUT2D eigenvalue weighted by Gasteiger charge is 2.18. The molecule has 4 nitrogen and oxygen atoms in total. The van der Waals surface area contributed by atoms with Gasteiger partial charge in [0.2, 0.25) is 5.13 Å². The fourth-order valence-corrected chi connectivity index (χ4v) is 3.49. The Labute approximate surface area is 138 Å². The molecule has 0 saturated heterocycles. The van der Waals surface area contributed by atoms with Crippen LogP contribution in [-0.2, 0) is 0 Å². The lowest BCUT2D eigenvalue weighted by molar-refractivity contribution is 0.0996. The molecule has 0 N–H and O–H groups in total. The molecular weight excluding hydrogens is 370 g/mol. The van der Waals surface area contributed by atoms with Gasteiger partial charge in [-0.25, -0.2) is 0 Å². The van der Waals surface area contributed by atoms with Crippen LogP contribution in [0.1, 0.15) is 9.67 Å². The van der Waals surface area contributed by atoms with Crippen LogP contribution in [0.3, 0.4) is 0 Å². The Kier molecular flexibility index (Phi) is 4.14. The minimum absolute atomic E-state index is 0.0662. The molecule has 0 atom stereocenters. The van der Waals surface area contributed by atoms with Gasteiger partial charge in [-0.05, 0) is 23.6 Å². The van der Waals surface area contributed by atoms with Crippen molar-refractivity contribution in [3.05, 3.63) is 51.1 Å². The number of nitrogens with zero attached hydrogens (tertiary/aromatic N) is 3. The number of benzene rings is 1. The topological polar surface area (TPSA) is 46.1 Å². The summed E-state index contributed by atoms with van der Waals surface area (Å²) < 4.78 is 1.01. The van der Waals surface area contributed by atoms with E-state index in [0.29, 0.717) is 10.0 Å². The third-order valence-corrected chi connectivity index (χ3v) is 5.26. The maximum atomic E-state index is 12.3. The van der Waals surface area contributed by atoms with Crippen LogP contribution in [0.15, 0.2) is 46.3 Å². The highest BCUT2D eigenvalue weighted by Crippen LogP contribution is 2.29. The summed E-state index contributed by atoms with van der Waals surface area (Å²) in [5.74, 6) is -0.0662. The number of carbonyl (C=O) groups excluding carboxylic acids is 1. The molecule has 3 aromatic rings. The van der Waals surface area contributed by atoms with E-state index < -0.39 is 0 Å². The van der Waals surface area contributed by atoms with Crippen molar-refractivity contribution >= 4 is 49.6 Å². The van der Waals surface area contributed by atoms with Crippen LogP contribution in [-0.4, -0.2) is 23.2 Å². The predicted octanol–water partition coefficient (Wildman–Crippen LogP) is 4.31. The summed E-state index contributed by atoms with van der Waals surface area (Å²) >= 11 is 6.22. The Hall–Kier alpha value is -1.57. The summed E-state index contributed by atoms with van der Waals surface area (Å²) in [4.78, 5) is 14.5. The van der Waals surface area contributed by atoms with Crippen LogP contribution >= 0.6 is 38.6 Å². The van der Waals surface area contributed by atoms with Crippen molar-refractivity contribution in [2.45, 2.75) is 0 Å². The first-order valence-electron chi connectivity index (χ1n) is 6.06. The first-order chi connectivity index (χ1) is 10.1. The molecule has 3 rings (SSSR count). The van der Waals surface area contributed by atoms with Gasteiger partial charge in [-0.15, -0.1) is 21.5 Å². The number of rotatable bonds is 3. The van der Waals surface area contributed by atoms with Gasteiger partial charge in [-0.1, -0.05) is 45.5 Å².